The molecule has 1 heterocycles. The van der Waals surface area contributed by atoms with Gasteiger partial charge in [0.25, 0.3) is 0 Å². The third kappa shape index (κ3) is 3.04. The first kappa shape index (κ1) is 17.5. The number of pyridine rings is 1. The SMILES string of the molecule is Cc1ccc2cc(C)[n+](C)c(-c3cc(-c4ccccc4)cc(C)c3C)c2c1. The van der Waals surface area contributed by atoms with E-state index in [0.29, 0.717) is 0 Å². The molecule has 0 aliphatic rings. The van der Waals surface area contributed by atoms with Crippen LogP contribution in [0.2, 0.25) is 0 Å². The van der Waals surface area contributed by atoms with Gasteiger partial charge in [-0.15, -0.1) is 0 Å². The molecule has 0 amide bonds. The summed E-state index contributed by atoms with van der Waals surface area (Å²) in [6, 6.07) is 24.3. The number of fused-ring (bicyclic) bond motifs is 1. The van der Waals surface area contributed by atoms with E-state index in [9.17, 15) is 0 Å². The molecular weight excluding hydrogens is 326 g/mol. The van der Waals surface area contributed by atoms with Gasteiger partial charge in [0.05, 0.1) is 10.9 Å². The van der Waals surface area contributed by atoms with E-state index < -0.39 is 0 Å². The first-order chi connectivity index (χ1) is 13.0. The summed E-state index contributed by atoms with van der Waals surface area (Å²) in [7, 11) is 2.18. The summed E-state index contributed by atoms with van der Waals surface area (Å²) in [5, 5.41) is 2.61. The van der Waals surface area contributed by atoms with Crippen molar-refractivity contribution < 1.29 is 4.57 Å². The van der Waals surface area contributed by atoms with E-state index in [0.717, 1.165) is 0 Å². The number of nitrogens with zero attached hydrogens (tertiary/aromatic N) is 1. The normalized spacial score (nSPS) is 11.1. The van der Waals surface area contributed by atoms with Crippen molar-refractivity contribution in [3.8, 4) is 22.4 Å². The predicted octanol–water partition coefficient (Wildman–Crippen LogP) is 6.23. The number of aromatic nitrogens is 1. The lowest BCUT2D eigenvalue weighted by Gasteiger charge is -2.14. The van der Waals surface area contributed by atoms with Gasteiger partial charge >= 0.3 is 0 Å². The van der Waals surface area contributed by atoms with Crippen molar-refractivity contribution in [2.24, 2.45) is 7.05 Å². The molecule has 0 N–H and O–H groups in total. The average molecular weight is 353 g/mol. The highest BCUT2D eigenvalue weighted by atomic mass is 14.9. The van der Waals surface area contributed by atoms with Crippen molar-refractivity contribution in [3.63, 3.8) is 0 Å². The molecule has 4 aromatic rings. The van der Waals surface area contributed by atoms with Gasteiger partial charge in [-0.3, -0.25) is 0 Å². The van der Waals surface area contributed by atoms with Gasteiger partial charge in [-0.25, -0.2) is 0 Å². The lowest BCUT2D eigenvalue weighted by molar-refractivity contribution is -0.665. The third-order valence-electron chi connectivity index (χ3n) is 5.72. The number of aryl methyl sites for hydroxylation is 3. The van der Waals surface area contributed by atoms with Crippen LogP contribution in [0.3, 0.4) is 0 Å². The second-order valence-corrected chi connectivity index (χ2v) is 7.62. The van der Waals surface area contributed by atoms with Crippen LogP contribution < -0.4 is 4.57 Å². The molecule has 0 saturated heterocycles. The Hall–Kier alpha value is -2.93. The molecule has 0 spiro atoms. The Bertz CT molecular complexity index is 1150. The Morgan fingerprint density at radius 1 is 0.704 bits per heavy atom. The first-order valence-corrected chi connectivity index (χ1v) is 9.53. The maximum atomic E-state index is 2.36. The van der Waals surface area contributed by atoms with Crippen LogP contribution in [0.25, 0.3) is 33.2 Å². The lowest BCUT2D eigenvalue weighted by Crippen LogP contribution is -2.35. The summed E-state index contributed by atoms with van der Waals surface area (Å²) >= 11 is 0. The molecule has 4 rings (SSSR count). The largest absolute Gasteiger partial charge is 0.220 e. The minimum absolute atomic E-state index is 1.26. The first-order valence-electron chi connectivity index (χ1n) is 9.53. The number of benzene rings is 3. The van der Waals surface area contributed by atoms with E-state index in [2.05, 4.69) is 106 Å². The number of hydrogen-bond donors (Lipinski definition) is 0. The number of hydrogen-bond acceptors (Lipinski definition) is 0. The topological polar surface area (TPSA) is 3.88 Å². The van der Waals surface area contributed by atoms with Crippen molar-refractivity contribution in [2.45, 2.75) is 27.7 Å². The Morgan fingerprint density at radius 3 is 2.19 bits per heavy atom. The zero-order valence-corrected chi connectivity index (χ0v) is 16.8. The van der Waals surface area contributed by atoms with Crippen LogP contribution in [0, 0.1) is 27.7 Å². The highest BCUT2D eigenvalue weighted by Gasteiger charge is 2.21. The Labute approximate surface area is 161 Å². The molecule has 1 aromatic heterocycles. The van der Waals surface area contributed by atoms with Gasteiger partial charge in [0.2, 0.25) is 5.69 Å². The molecule has 0 fully saturated rings. The summed E-state index contributed by atoms with van der Waals surface area (Å²) in [5.41, 5.74) is 10.4. The van der Waals surface area contributed by atoms with Crippen LogP contribution in [0.15, 0.2) is 66.7 Å². The Kier molecular flexibility index (Phi) is 4.31. The van der Waals surface area contributed by atoms with Gasteiger partial charge in [-0.1, -0.05) is 54.1 Å². The third-order valence-corrected chi connectivity index (χ3v) is 5.72. The fourth-order valence-electron chi connectivity index (χ4n) is 3.91. The Morgan fingerprint density at radius 2 is 1.44 bits per heavy atom. The van der Waals surface area contributed by atoms with Crippen molar-refractivity contribution in [1.82, 2.24) is 0 Å². The molecule has 1 heteroatoms. The molecule has 0 bridgehead atoms. The van der Waals surface area contributed by atoms with Crippen molar-refractivity contribution in [1.29, 1.82) is 0 Å². The number of rotatable bonds is 2. The van der Waals surface area contributed by atoms with Crippen LogP contribution in [-0.2, 0) is 7.05 Å². The summed E-state index contributed by atoms with van der Waals surface area (Å²) in [5.74, 6) is 0. The fraction of sp³-hybridized carbons (Fsp3) is 0.192. The Balaban J connectivity index is 2.09. The highest BCUT2D eigenvalue weighted by Crippen LogP contribution is 2.34. The standard InChI is InChI=1S/C26H26N/c1-17-11-12-22-15-19(3)27(5)26(25(22)13-17)24-16-23(14-18(2)20(24)4)21-9-7-6-8-10-21/h6-16H,1-5H3/q+1. The van der Waals surface area contributed by atoms with Crippen LogP contribution in [-0.4, -0.2) is 0 Å². The molecule has 0 atom stereocenters. The molecule has 0 aliphatic heterocycles. The van der Waals surface area contributed by atoms with E-state index in [1.165, 1.54) is 55.5 Å². The van der Waals surface area contributed by atoms with E-state index >= 15 is 0 Å². The van der Waals surface area contributed by atoms with Crippen molar-refractivity contribution >= 4 is 10.8 Å². The zero-order valence-electron chi connectivity index (χ0n) is 16.8. The average Bonchev–Trinajstić information content (AvgIpc) is 2.67. The van der Waals surface area contributed by atoms with Gasteiger partial charge in [0.1, 0.15) is 7.05 Å². The van der Waals surface area contributed by atoms with Gasteiger partial charge in [-0.2, -0.15) is 4.57 Å². The minimum Gasteiger partial charge on any atom is -0.198 e. The quantitative estimate of drug-likeness (QED) is 0.376. The molecule has 27 heavy (non-hydrogen) atoms. The maximum absolute atomic E-state index is 2.36. The van der Waals surface area contributed by atoms with Crippen LogP contribution in [0.5, 0.6) is 0 Å². The van der Waals surface area contributed by atoms with Gasteiger partial charge < -0.3 is 0 Å². The van der Waals surface area contributed by atoms with Crippen molar-refractivity contribution in [3.05, 3.63) is 89.1 Å². The summed E-state index contributed by atoms with van der Waals surface area (Å²) < 4.78 is 2.33. The molecule has 0 aliphatic carbocycles. The maximum Gasteiger partial charge on any atom is 0.220 e. The van der Waals surface area contributed by atoms with Crippen LogP contribution in [0.1, 0.15) is 22.4 Å². The smallest absolute Gasteiger partial charge is 0.198 e. The molecular formula is C26H26N+. The van der Waals surface area contributed by atoms with Crippen LogP contribution in [0.4, 0.5) is 0 Å². The molecule has 0 radical (unpaired) electrons. The van der Waals surface area contributed by atoms with E-state index in [1.807, 2.05) is 0 Å². The van der Waals surface area contributed by atoms with Gasteiger partial charge in [0, 0.05) is 13.0 Å². The summed E-state index contributed by atoms with van der Waals surface area (Å²) in [6.45, 7) is 8.81. The van der Waals surface area contributed by atoms with E-state index in [4.69, 9.17) is 0 Å². The van der Waals surface area contributed by atoms with Gasteiger partial charge in [-0.05, 0) is 60.5 Å². The molecule has 1 nitrogen and oxygen atoms in total. The summed E-state index contributed by atoms with van der Waals surface area (Å²) in [4.78, 5) is 0. The fourth-order valence-corrected chi connectivity index (χ4v) is 3.91. The highest BCUT2D eigenvalue weighted by molar-refractivity contribution is 5.95. The van der Waals surface area contributed by atoms with Crippen LogP contribution >= 0.6 is 0 Å². The lowest BCUT2D eigenvalue weighted by atomic mass is 9.91. The predicted molar refractivity (Wildman–Crippen MR) is 115 cm³/mol. The molecule has 0 saturated carbocycles. The van der Waals surface area contributed by atoms with Gasteiger partial charge in [0.15, 0.2) is 5.69 Å². The van der Waals surface area contributed by atoms with E-state index in [1.54, 1.807) is 0 Å². The monoisotopic (exact) mass is 352 g/mol. The molecule has 0 unspecified atom stereocenters. The molecule has 3 aromatic carbocycles. The minimum atomic E-state index is 1.26. The zero-order chi connectivity index (χ0) is 19.1. The summed E-state index contributed by atoms with van der Waals surface area (Å²) in [6.07, 6.45) is 0. The molecule has 134 valence electrons. The van der Waals surface area contributed by atoms with Crippen molar-refractivity contribution in [2.75, 3.05) is 0 Å². The van der Waals surface area contributed by atoms with E-state index in [-0.39, 0.29) is 0 Å². The second-order valence-electron chi connectivity index (χ2n) is 7.62. The second kappa shape index (κ2) is 6.66.